The summed E-state index contributed by atoms with van der Waals surface area (Å²) in [6.45, 7) is 2.04. The molecule has 2 heterocycles. The number of fused-ring (bicyclic) bond motifs is 1. The summed E-state index contributed by atoms with van der Waals surface area (Å²) in [5, 5.41) is 0. The largest absolute Gasteiger partial charge is 0.328 e. The van der Waals surface area contributed by atoms with Crippen LogP contribution in [0.5, 0.6) is 0 Å². The van der Waals surface area contributed by atoms with Crippen LogP contribution in [-0.2, 0) is 0 Å². The number of rotatable bonds is 3. The molecule has 0 aliphatic heterocycles. The van der Waals surface area contributed by atoms with Crippen LogP contribution in [0.25, 0.3) is 5.65 Å². The molecule has 0 aliphatic rings. The molecule has 0 aliphatic carbocycles. The van der Waals surface area contributed by atoms with Gasteiger partial charge in [0.25, 0.3) is 0 Å². The van der Waals surface area contributed by atoms with Gasteiger partial charge in [-0.1, -0.05) is 18.2 Å². The highest BCUT2D eigenvalue weighted by Gasteiger charge is 2.16. The first kappa shape index (κ1) is 12.4. The van der Waals surface area contributed by atoms with Gasteiger partial charge in [0, 0.05) is 18.9 Å². The lowest BCUT2D eigenvalue weighted by atomic mass is 10.2. The maximum Gasteiger partial charge on any atom is 0.170 e. The summed E-state index contributed by atoms with van der Waals surface area (Å²) < 4.78 is 1.80. The van der Waals surface area contributed by atoms with Crippen molar-refractivity contribution in [3.63, 3.8) is 0 Å². The molecule has 0 atom stereocenters. The molecule has 0 bridgehead atoms. The van der Waals surface area contributed by atoms with Gasteiger partial charge in [-0.2, -0.15) is 0 Å². The maximum atomic E-state index is 11.4. The number of aryl methyl sites for hydroxylation is 1. The summed E-state index contributed by atoms with van der Waals surface area (Å²) in [7, 11) is 1.92. The number of aldehydes is 1. The average molecular weight is 265 g/mol. The summed E-state index contributed by atoms with van der Waals surface area (Å²) in [5.41, 5.74) is 3.51. The quantitative estimate of drug-likeness (QED) is 0.682. The van der Waals surface area contributed by atoms with Crippen molar-refractivity contribution >= 4 is 23.4 Å². The SMILES string of the molecule is Cc1cccc(N(C)c2nc3ccccn3c2C=O)c1. The molecule has 0 saturated heterocycles. The Morgan fingerprint density at radius 3 is 2.80 bits per heavy atom. The van der Waals surface area contributed by atoms with E-state index in [0.717, 1.165) is 17.6 Å². The zero-order valence-corrected chi connectivity index (χ0v) is 11.4. The van der Waals surface area contributed by atoms with Gasteiger partial charge in [0.15, 0.2) is 12.1 Å². The summed E-state index contributed by atoms with van der Waals surface area (Å²) in [4.78, 5) is 17.9. The third-order valence-electron chi connectivity index (χ3n) is 3.37. The topological polar surface area (TPSA) is 37.6 Å². The fourth-order valence-electron chi connectivity index (χ4n) is 2.32. The lowest BCUT2D eigenvalue weighted by molar-refractivity contribution is 0.111. The van der Waals surface area contributed by atoms with Gasteiger partial charge in [0.1, 0.15) is 11.3 Å². The molecule has 4 heteroatoms. The van der Waals surface area contributed by atoms with Crippen LogP contribution in [0.1, 0.15) is 16.1 Å². The van der Waals surface area contributed by atoms with E-state index in [-0.39, 0.29) is 0 Å². The molecule has 2 aromatic heterocycles. The number of nitrogens with zero attached hydrogens (tertiary/aromatic N) is 3. The Labute approximate surface area is 117 Å². The van der Waals surface area contributed by atoms with Crippen molar-refractivity contribution in [2.75, 3.05) is 11.9 Å². The molecular weight excluding hydrogens is 250 g/mol. The number of carbonyl (C=O) groups is 1. The van der Waals surface area contributed by atoms with Gasteiger partial charge in [-0.25, -0.2) is 4.98 Å². The first-order valence-electron chi connectivity index (χ1n) is 6.43. The van der Waals surface area contributed by atoms with Crippen LogP contribution in [-0.4, -0.2) is 22.7 Å². The molecule has 0 amide bonds. The number of pyridine rings is 1. The van der Waals surface area contributed by atoms with Gasteiger partial charge in [0.05, 0.1) is 0 Å². The lowest BCUT2D eigenvalue weighted by Crippen LogP contribution is -2.12. The summed E-state index contributed by atoms with van der Waals surface area (Å²) in [6.07, 6.45) is 2.70. The molecule has 0 radical (unpaired) electrons. The van der Waals surface area contributed by atoms with Gasteiger partial charge >= 0.3 is 0 Å². The highest BCUT2D eigenvalue weighted by Crippen LogP contribution is 2.26. The maximum absolute atomic E-state index is 11.4. The first-order valence-corrected chi connectivity index (χ1v) is 6.43. The highest BCUT2D eigenvalue weighted by molar-refractivity contribution is 5.85. The molecule has 0 fully saturated rings. The standard InChI is InChI=1S/C16H15N3O/c1-12-6-5-7-13(10-12)18(2)16-14(11-20)19-9-4-3-8-15(19)17-16/h3-11H,1-2H3. The van der Waals surface area contributed by atoms with Crippen molar-refractivity contribution < 1.29 is 4.79 Å². The van der Waals surface area contributed by atoms with Crippen LogP contribution in [0.15, 0.2) is 48.7 Å². The number of carbonyl (C=O) groups excluding carboxylic acids is 1. The summed E-state index contributed by atoms with van der Waals surface area (Å²) >= 11 is 0. The van der Waals surface area contributed by atoms with Crippen molar-refractivity contribution in [1.29, 1.82) is 0 Å². The lowest BCUT2D eigenvalue weighted by Gasteiger charge is -2.17. The number of benzene rings is 1. The Balaban J connectivity index is 2.16. The van der Waals surface area contributed by atoms with Crippen molar-refractivity contribution in [3.8, 4) is 0 Å². The molecule has 100 valence electrons. The zero-order chi connectivity index (χ0) is 14.1. The van der Waals surface area contributed by atoms with E-state index in [9.17, 15) is 4.79 Å². The Morgan fingerprint density at radius 2 is 2.05 bits per heavy atom. The number of anilines is 2. The van der Waals surface area contributed by atoms with Crippen molar-refractivity contribution in [2.45, 2.75) is 6.92 Å². The molecule has 0 spiro atoms. The van der Waals surface area contributed by atoms with Crippen LogP contribution in [0, 0.1) is 6.92 Å². The highest BCUT2D eigenvalue weighted by atomic mass is 16.1. The van der Waals surface area contributed by atoms with Crippen LogP contribution in [0.3, 0.4) is 0 Å². The normalized spacial score (nSPS) is 10.7. The van der Waals surface area contributed by atoms with Gasteiger partial charge < -0.3 is 4.90 Å². The Bertz CT molecular complexity index is 776. The Hall–Kier alpha value is -2.62. The first-order chi connectivity index (χ1) is 9.70. The molecular formula is C16H15N3O. The molecule has 1 aromatic carbocycles. The fraction of sp³-hybridized carbons (Fsp3) is 0.125. The van der Waals surface area contributed by atoms with Crippen LogP contribution in [0.2, 0.25) is 0 Å². The molecule has 4 nitrogen and oxygen atoms in total. The summed E-state index contributed by atoms with van der Waals surface area (Å²) in [6, 6.07) is 13.8. The van der Waals surface area contributed by atoms with Crippen molar-refractivity contribution in [3.05, 3.63) is 59.9 Å². The van der Waals surface area contributed by atoms with E-state index in [1.165, 1.54) is 5.56 Å². The monoisotopic (exact) mass is 265 g/mol. The zero-order valence-electron chi connectivity index (χ0n) is 11.4. The van der Waals surface area contributed by atoms with E-state index in [4.69, 9.17) is 0 Å². The van der Waals surface area contributed by atoms with Gasteiger partial charge in [-0.15, -0.1) is 0 Å². The third-order valence-corrected chi connectivity index (χ3v) is 3.37. The second-order valence-corrected chi connectivity index (χ2v) is 4.77. The van der Waals surface area contributed by atoms with E-state index < -0.39 is 0 Å². The average Bonchev–Trinajstić information content (AvgIpc) is 2.85. The van der Waals surface area contributed by atoms with Crippen molar-refractivity contribution in [1.82, 2.24) is 9.38 Å². The van der Waals surface area contributed by atoms with Crippen molar-refractivity contribution in [2.24, 2.45) is 0 Å². The van der Waals surface area contributed by atoms with Gasteiger partial charge in [-0.05, 0) is 36.8 Å². The van der Waals surface area contributed by atoms with E-state index in [2.05, 4.69) is 11.1 Å². The van der Waals surface area contributed by atoms with Crippen LogP contribution in [0.4, 0.5) is 11.5 Å². The van der Waals surface area contributed by atoms with Crippen LogP contribution < -0.4 is 4.90 Å². The van der Waals surface area contributed by atoms with Gasteiger partial charge in [-0.3, -0.25) is 9.20 Å². The van der Waals surface area contributed by atoms with E-state index in [1.807, 2.05) is 61.5 Å². The Kier molecular flexibility index (Phi) is 2.99. The predicted octanol–water partition coefficient (Wildman–Crippen LogP) is 3.22. The predicted molar refractivity (Wildman–Crippen MR) is 79.8 cm³/mol. The summed E-state index contributed by atoms with van der Waals surface area (Å²) in [5.74, 6) is 0.664. The molecule has 3 rings (SSSR count). The number of imidazole rings is 1. The second-order valence-electron chi connectivity index (χ2n) is 4.77. The molecule has 0 N–H and O–H groups in total. The molecule has 3 aromatic rings. The fourth-order valence-corrected chi connectivity index (χ4v) is 2.32. The van der Waals surface area contributed by atoms with E-state index in [0.29, 0.717) is 11.5 Å². The van der Waals surface area contributed by atoms with E-state index >= 15 is 0 Å². The van der Waals surface area contributed by atoms with E-state index in [1.54, 1.807) is 4.40 Å². The number of hydrogen-bond donors (Lipinski definition) is 0. The minimum atomic E-state index is 0.560. The third kappa shape index (κ3) is 1.95. The smallest absolute Gasteiger partial charge is 0.170 e. The van der Waals surface area contributed by atoms with Gasteiger partial charge in [0.2, 0.25) is 0 Å². The Morgan fingerprint density at radius 1 is 1.20 bits per heavy atom. The minimum Gasteiger partial charge on any atom is -0.328 e. The molecule has 0 saturated carbocycles. The number of hydrogen-bond acceptors (Lipinski definition) is 3. The molecule has 0 unspecified atom stereocenters. The second kappa shape index (κ2) is 4.81. The molecule has 20 heavy (non-hydrogen) atoms. The van der Waals surface area contributed by atoms with Crippen LogP contribution >= 0.6 is 0 Å². The number of aromatic nitrogens is 2. The minimum absolute atomic E-state index is 0.560.